The van der Waals surface area contributed by atoms with Crippen LogP contribution < -0.4 is 0 Å². The Kier molecular flexibility index (Phi) is 5.58. The van der Waals surface area contributed by atoms with E-state index in [0.29, 0.717) is 11.7 Å². The number of hydrogen-bond donors (Lipinski definition) is 0. The van der Waals surface area contributed by atoms with E-state index in [0.717, 1.165) is 25.7 Å². The van der Waals surface area contributed by atoms with E-state index in [2.05, 4.69) is 52.0 Å². The fourth-order valence-electron chi connectivity index (χ4n) is 1.88. The third-order valence-electron chi connectivity index (χ3n) is 3.78. The highest BCUT2D eigenvalue weighted by molar-refractivity contribution is 5.78. The zero-order valence-electron chi connectivity index (χ0n) is 12.2. The molecule has 0 radical (unpaired) electrons. The molecule has 1 rings (SSSR count). The van der Waals surface area contributed by atoms with Crippen LogP contribution in [0.3, 0.4) is 0 Å². The Bertz CT molecular complexity index is 359. The molecule has 0 aromatic heterocycles. The Hall–Kier alpha value is -1.11. The Morgan fingerprint density at radius 1 is 1.17 bits per heavy atom. The number of carbonyl (C=O) groups is 1. The third-order valence-corrected chi connectivity index (χ3v) is 3.78. The van der Waals surface area contributed by atoms with Gasteiger partial charge in [-0.1, -0.05) is 58.0 Å². The summed E-state index contributed by atoms with van der Waals surface area (Å²) in [7, 11) is 0. The zero-order chi connectivity index (χ0) is 13.6. The number of ketones is 1. The predicted molar refractivity (Wildman–Crippen MR) is 77.6 cm³/mol. The topological polar surface area (TPSA) is 17.1 Å². The van der Waals surface area contributed by atoms with E-state index in [4.69, 9.17) is 0 Å². The van der Waals surface area contributed by atoms with Crippen molar-refractivity contribution in [2.24, 2.45) is 11.3 Å². The lowest BCUT2D eigenvalue weighted by atomic mass is 9.79. The van der Waals surface area contributed by atoms with E-state index in [-0.39, 0.29) is 5.41 Å². The molecule has 1 atom stereocenters. The molecule has 0 aliphatic carbocycles. The highest BCUT2D eigenvalue weighted by atomic mass is 16.1. The summed E-state index contributed by atoms with van der Waals surface area (Å²) in [6, 6.07) is 10.4. The second-order valence-corrected chi connectivity index (χ2v) is 6.35. The van der Waals surface area contributed by atoms with Crippen molar-refractivity contribution in [2.75, 3.05) is 0 Å². The van der Waals surface area contributed by atoms with Gasteiger partial charge in [0, 0.05) is 12.8 Å². The van der Waals surface area contributed by atoms with Gasteiger partial charge < -0.3 is 0 Å². The van der Waals surface area contributed by atoms with Gasteiger partial charge in [-0.15, -0.1) is 0 Å². The Labute approximate surface area is 112 Å². The van der Waals surface area contributed by atoms with Gasteiger partial charge in [0.05, 0.1) is 0 Å². The first kappa shape index (κ1) is 14.9. The summed E-state index contributed by atoms with van der Waals surface area (Å²) >= 11 is 0. The monoisotopic (exact) mass is 246 g/mol. The van der Waals surface area contributed by atoms with E-state index in [1.165, 1.54) is 5.56 Å². The van der Waals surface area contributed by atoms with Gasteiger partial charge in [-0.2, -0.15) is 0 Å². The number of Topliss-reactive ketones (excluding diaryl/α,β-unsaturated/α-hetero) is 1. The van der Waals surface area contributed by atoms with Crippen LogP contribution in [0, 0.1) is 11.3 Å². The molecule has 0 bridgehead atoms. The van der Waals surface area contributed by atoms with Crippen LogP contribution in [-0.4, -0.2) is 5.78 Å². The van der Waals surface area contributed by atoms with Gasteiger partial charge >= 0.3 is 0 Å². The van der Waals surface area contributed by atoms with Crippen molar-refractivity contribution >= 4 is 5.78 Å². The van der Waals surface area contributed by atoms with Crippen molar-refractivity contribution in [3.63, 3.8) is 0 Å². The Morgan fingerprint density at radius 2 is 1.78 bits per heavy atom. The van der Waals surface area contributed by atoms with Crippen LogP contribution in [0.2, 0.25) is 0 Å². The Balaban J connectivity index is 2.26. The molecule has 0 amide bonds. The highest BCUT2D eigenvalue weighted by Crippen LogP contribution is 2.28. The maximum absolute atomic E-state index is 11.9. The molecule has 1 unspecified atom stereocenters. The molecule has 100 valence electrons. The van der Waals surface area contributed by atoms with Crippen LogP contribution in [0.5, 0.6) is 0 Å². The number of aryl methyl sites for hydroxylation is 1. The number of hydrogen-bond acceptors (Lipinski definition) is 1. The Morgan fingerprint density at radius 3 is 2.33 bits per heavy atom. The summed E-state index contributed by atoms with van der Waals surface area (Å²) in [6.45, 7) is 8.79. The summed E-state index contributed by atoms with van der Waals surface area (Å²) in [6.07, 6.45) is 3.42. The first-order chi connectivity index (χ1) is 8.39. The standard InChI is InChI=1S/C17H26O/c1-14(17(2,3)4)13-16(18)12-8-11-15-9-6-5-7-10-15/h5-7,9-10,14H,8,11-13H2,1-4H3. The molecular formula is C17H26O. The third kappa shape index (κ3) is 5.48. The summed E-state index contributed by atoms with van der Waals surface area (Å²) < 4.78 is 0. The smallest absolute Gasteiger partial charge is 0.133 e. The van der Waals surface area contributed by atoms with Crippen molar-refractivity contribution in [2.45, 2.75) is 53.4 Å². The lowest BCUT2D eigenvalue weighted by Gasteiger charge is -2.26. The average molecular weight is 246 g/mol. The molecule has 1 aromatic rings. The van der Waals surface area contributed by atoms with E-state index >= 15 is 0 Å². The summed E-state index contributed by atoms with van der Waals surface area (Å²) in [5, 5.41) is 0. The molecule has 0 aliphatic heterocycles. The molecule has 0 fully saturated rings. The molecule has 0 saturated heterocycles. The molecule has 0 N–H and O–H groups in total. The lowest BCUT2D eigenvalue weighted by molar-refractivity contribution is -0.120. The fraction of sp³-hybridized carbons (Fsp3) is 0.588. The molecule has 1 nitrogen and oxygen atoms in total. The summed E-state index contributed by atoms with van der Waals surface area (Å²) in [4.78, 5) is 11.9. The maximum atomic E-state index is 11.9. The van der Waals surface area contributed by atoms with Crippen molar-refractivity contribution in [3.8, 4) is 0 Å². The molecule has 0 heterocycles. The van der Waals surface area contributed by atoms with Crippen LogP contribution in [-0.2, 0) is 11.2 Å². The van der Waals surface area contributed by atoms with Gasteiger partial charge in [-0.05, 0) is 29.7 Å². The van der Waals surface area contributed by atoms with E-state index in [1.54, 1.807) is 0 Å². The second kappa shape index (κ2) is 6.72. The van der Waals surface area contributed by atoms with E-state index in [9.17, 15) is 4.79 Å². The van der Waals surface area contributed by atoms with Crippen LogP contribution in [0.25, 0.3) is 0 Å². The molecular weight excluding hydrogens is 220 g/mol. The largest absolute Gasteiger partial charge is 0.300 e. The van der Waals surface area contributed by atoms with Crippen LogP contribution >= 0.6 is 0 Å². The SMILES string of the molecule is CC(CC(=O)CCCc1ccccc1)C(C)(C)C. The van der Waals surface area contributed by atoms with Crippen LogP contribution in [0.4, 0.5) is 0 Å². The van der Waals surface area contributed by atoms with Crippen LogP contribution in [0.1, 0.15) is 52.5 Å². The first-order valence-electron chi connectivity index (χ1n) is 6.95. The first-order valence-corrected chi connectivity index (χ1v) is 6.95. The van der Waals surface area contributed by atoms with Gasteiger partial charge in [0.15, 0.2) is 0 Å². The minimum atomic E-state index is 0.231. The summed E-state index contributed by atoms with van der Waals surface area (Å²) in [5.41, 5.74) is 1.56. The second-order valence-electron chi connectivity index (χ2n) is 6.35. The average Bonchev–Trinajstić information content (AvgIpc) is 2.29. The predicted octanol–water partition coefficient (Wildman–Crippen LogP) is 4.65. The molecule has 0 aliphatic rings. The van der Waals surface area contributed by atoms with Crippen molar-refractivity contribution in [3.05, 3.63) is 35.9 Å². The van der Waals surface area contributed by atoms with Crippen molar-refractivity contribution < 1.29 is 4.79 Å². The lowest BCUT2D eigenvalue weighted by Crippen LogP contribution is -2.20. The molecule has 0 saturated carbocycles. The fourth-order valence-corrected chi connectivity index (χ4v) is 1.88. The number of carbonyl (C=O) groups excluding carboxylic acids is 1. The van der Waals surface area contributed by atoms with Gasteiger partial charge in [-0.3, -0.25) is 4.79 Å². The molecule has 1 aromatic carbocycles. The van der Waals surface area contributed by atoms with Crippen molar-refractivity contribution in [1.29, 1.82) is 0 Å². The molecule has 18 heavy (non-hydrogen) atoms. The van der Waals surface area contributed by atoms with Crippen LogP contribution in [0.15, 0.2) is 30.3 Å². The number of benzene rings is 1. The minimum absolute atomic E-state index is 0.231. The number of rotatable bonds is 6. The normalized spacial score (nSPS) is 13.3. The van der Waals surface area contributed by atoms with Gasteiger partial charge in [0.1, 0.15) is 5.78 Å². The quantitative estimate of drug-likeness (QED) is 0.714. The summed E-state index contributed by atoms with van der Waals surface area (Å²) in [5.74, 6) is 0.870. The minimum Gasteiger partial charge on any atom is -0.300 e. The van der Waals surface area contributed by atoms with E-state index < -0.39 is 0 Å². The van der Waals surface area contributed by atoms with Gasteiger partial charge in [0.25, 0.3) is 0 Å². The molecule has 1 heteroatoms. The van der Waals surface area contributed by atoms with Gasteiger partial charge in [-0.25, -0.2) is 0 Å². The van der Waals surface area contributed by atoms with Gasteiger partial charge in [0.2, 0.25) is 0 Å². The zero-order valence-corrected chi connectivity index (χ0v) is 12.2. The van der Waals surface area contributed by atoms with Crippen molar-refractivity contribution in [1.82, 2.24) is 0 Å². The maximum Gasteiger partial charge on any atom is 0.133 e. The van der Waals surface area contributed by atoms with E-state index in [1.807, 2.05) is 6.07 Å². The molecule has 0 spiro atoms. The highest BCUT2D eigenvalue weighted by Gasteiger charge is 2.22.